The number of rotatable bonds is 5. The lowest BCUT2D eigenvalue weighted by atomic mass is 10.2. The van der Waals surface area contributed by atoms with Gasteiger partial charge >= 0.3 is 0 Å². The lowest BCUT2D eigenvalue weighted by Gasteiger charge is -2.09. The highest BCUT2D eigenvalue weighted by molar-refractivity contribution is 5.91. The third-order valence-electron chi connectivity index (χ3n) is 2.86. The Morgan fingerprint density at radius 3 is 2.83 bits per heavy atom. The molecule has 0 bridgehead atoms. The first-order chi connectivity index (χ1) is 8.74. The van der Waals surface area contributed by atoms with Crippen molar-refractivity contribution in [3.05, 3.63) is 17.7 Å². The molecule has 0 spiro atoms. The van der Waals surface area contributed by atoms with Crippen LogP contribution in [0, 0.1) is 0 Å². The molecule has 0 saturated heterocycles. The van der Waals surface area contributed by atoms with Crippen molar-refractivity contribution in [2.45, 2.75) is 19.9 Å². The van der Waals surface area contributed by atoms with Gasteiger partial charge in [-0.3, -0.25) is 4.79 Å². The molecule has 0 aliphatic carbocycles. The van der Waals surface area contributed by atoms with Gasteiger partial charge in [0.2, 0.25) is 5.95 Å². The fraction of sp³-hybridized carbons (Fsp3) is 0.385. The number of hydrogen-bond donors (Lipinski definition) is 1. The number of carbonyl (C=O) groups excluding carboxylic acids is 1. The minimum absolute atomic E-state index is 0.572. The second-order valence-electron chi connectivity index (χ2n) is 4.05. The van der Waals surface area contributed by atoms with Gasteiger partial charge in [0.15, 0.2) is 0 Å². The van der Waals surface area contributed by atoms with Gasteiger partial charge in [-0.15, -0.1) is 0 Å². The maximum Gasteiger partial charge on any atom is 0.203 e. The first-order valence-electron chi connectivity index (χ1n) is 5.96. The number of fused-ring (bicyclic) bond motifs is 1. The Kier molecular flexibility index (Phi) is 3.50. The summed E-state index contributed by atoms with van der Waals surface area (Å²) >= 11 is 0. The van der Waals surface area contributed by atoms with Gasteiger partial charge in [0.25, 0.3) is 0 Å². The van der Waals surface area contributed by atoms with Gasteiger partial charge in [0.05, 0.1) is 12.6 Å². The number of ether oxygens (including phenoxy) is 1. The molecule has 1 aromatic carbocycles. The predicted molar refractivity (Wildman–Crippen MR) is 71.5 cm³/mol. The third-order valence-corrected chi connectivity index (χ3v) is 2.86. The van der Waals surface area contributed by atoms with E-state index in [2.05, 4.69) is 21.8 Å². The van der Waals surface area contributed by atoms with Crippen molar-refractivity contribution in [1.82, 2.24) is 9.55 Å². The van der Waals surface area contributed by atoms with E-state index in [9.17, 15) is 4.79 Å². The number of methoxy groups -OCH3 is 1. The molecule has 1 aromatic heterocycles. The number of nitrogens with zero attached hydrogens (tertiary/aromatic N) is 2. The first-order valence-corrected chi connectivity index (χ1v) is 5.96. The molecule has 0 aliphatic rings. The van der Waals surface area contributed by atoms with E-state index in [1.807, 2.05) is 7.05 Å². The SMILES string of the molecule is CCCn1c(NC)nc2cc(C=O)cc(OC)c21. The standard InChI is InChI=1S/C13H17N3O2/c1-4-5-16-12-10(15-13(16)14-2)6-9(8-17)7-11(12)18-3/h6-8H,4-5H2,1-3H3,(H,14,15). The average Bonchev–Trinajstić information content (AvgIpc) is 2.76. The fourth-order valence-electron chi connectivity index (χ4n) is 2.11. The van der Waals surface area contributed by atoms with Crippen molar-refractivity contribution in [3.8, 4) is 5.75 Å². The highest BCUT2D eigenvalue weighted by Gasteiger charge is 2.14. The maximum atomic E-state index is 10.9. The Labute approximate surface area is 106 Å². The quantitative estimate of drug-likeness (QED) is 0.824. The van der Waals surface area contributed by atoms with Crippen LogP contribution in [0.1, 0.15) is 23.7 Å². The Hall–Kier alpha value is -2.04. The fourth-order valence-corrected chi connectivity index (χ4v) is 2.11. The Bertz CT molecular complexity index is 575. The van der Waals surface area contributed by atoms with E-state index in [1.54, 1.807) is 19.2 Å². The number of aromatic nitrogens is 2. The zero-order valence-electron chi connectivity index (χ0n) is 10.9. The Morgan fingerprint density at radius 1 is 1.50 bits per heavy atom. The van der Waals surface area contributed by atoms with Gasteiger partial charge in [-0.25, -0.2) is 4.98 Å². The van der Waals surface area contributed by atoms with Crippen LogP contribution in [0.5, 0.6) is 5.75 Å². The average molecular weight is 247 g/mol. The molecule has 0 saturated carbocycles. The molecule has 2 rings (SSSR count). The monoisotopic (exact) mass is 247 g/mol. The number of aldehydes is 1. The smallest absolute Gasteiger partial charge is 0.203 e. The normalized spacial score (nSPS) is 10.6. The van der Waals surface area contributed by atoms with Gasteiger partial charge in [0, 0.05) is 19.2 Å². The molecule has 96 valence electrons. The Morgan fingerprint density at radius 2 is 2.28 bits per heavy atom. The molecule has 0 radical (unpaired) electrons. The number of imidazole rings is 1. The van der Waals surface area contributed by atoms with Crippen molar-refractivity contribution in [1.29, 1.82) is 0 Å². The van der Waals surface area contributed by atoms with Crippen LogP contribution in [-0.4, -0.2) is 30.0 Å². The number of anilines is 1. The van der Waals surface area contributed by atoms with E-state index in [4.69, 9.17) is 4.74 Å². The van der Waals surface area contributed by atoms with Crippen LogP contribution in [0.25, 0.3) is 11.0 Å². The number of nitrogens with one attached hydrogen (secondary N) is 1. The van der Waals surface area contributed by atoms with Crippen molar-refractivity contribution in [3.63, 3.8) is 0 Å². The van der Waals surface area contributed by atoms with Crippen LogP contribution in [0.3, 0.4) is 0 Å². The van der Waals surface area contributed by atoms with Crippen molar-refractivity contribution in [2.75, 3.05) is 19.5 Å². The van der Waals surface area contributed by atoms with Crippen LogP contribution < -0.4 is 10.1 Å². The molecule has 0 fully saturated rings. The number of carbonyl (C=O) groups is 1. The summed E-state index contributed by atoms with van der Waals surface area (Å²) in [6.07, 6.45) is 1.80. The van der Waals surface area contributed by atoms with Crippen LogP contribution >= 0.6 is 0 Å². The van der Waals surface area contributed by atoms with E-state index in [0.717, 1.165) is 36.2 Å². The zero-order valence-corrected chi connectivity index (χ0v) is 10.9. The Balaban J connectivity index is 2.75. The zero-order chi connectivity index (χ0) is 13.1. The summed E-state index contributed by atoms with van der Waals surface area (Å²) in [6.45, 7) is 2.96. The van der Waals surface area contributed by atoms with Crippen LogP contribution in [0.4, 0.5) is 5.95 Å². The van der Waals surface area contributed by atoms with Crippen molar-refractivity contribution >= 4 is 23.3 Å². The molecular formula is C13H17N3O2. The second kappa shape index (κ2) is 5.08. The molecule has 1 N–H and O–H groups in total. The highest BCUT2D eigenvalue weighted by atomic mass is 16.5. The minimum atomic E-state index is 0.572. The van der Waals surface area contributed by atoms with E-state index in [-0.39, 0.29) is 0 Å². The molecule has 5 heteroatoms. The largest absolute Gasteiger partial charge is 0.494 e. The summed E-state index contributed by atoms with van der Waals surface area (Å²) in [5.41, 5.74) is 2.27. The molecule has 0 aliphatic heterocycles. The summed E-state index contributed by atoms with van der Waals surface area (Å²) in [4.78, 5) is 15.4. The summed E-state index contributed by atoms with van der Waals surface area (Å²) in [5.74, 6) is 1.46. The molecule has 18 heavy (non-hydrogen) atoms. The van der Waals surface area contributed by atoms with Crippen LogP contribution in [-0.2, 0) is 6.54 Å². The predicted octanol–water partition coefficient (Wildman–Crippen LogP) is 2.31. The van der Waals surface area contributed by atoms with Gasteiger partial charge in [-0.1, -0.05) is 6.92 Å². The van der Waals surface area contributed by atoms with E-state index in [1.165, 1.54) is 0 Å². The van der Waals surface area contributed by atoms with Crippen LogP contribution in [0.2, 0.25) is 0 Å². The molecule has 2 aromatic rings. The highest BCUT2D eigenvalue weighted by Crippen LogP contribution is 2.30. The van der Waals surface area contributed by atoms with E-state index < -0.39 is 0 Å². The van der Waals surface area contributed by atoms with Gasteiger partial charge in [0.1, 0.15) is 17.6 Å². The molecule has 5 nitrogen and oxygen atoms in total. The third kappa shape index (κ3) is 1.92. The molecule has 0 amide bonds. The van der Waals surface area contributed by atoms with Crippen LogP contribution in [0.15, 0.2) is 12.1 Å². The van der Waals surface area contributed by atoms with E-state index >= 15 is 0 Å². The van der Waals surface area contributed by atoms with Crippen molar-refractivity contribution in [2.24, 2.45) is 0 Å². The summed E-state index contributed by atoms with van der Waals surface area (Å²) in [5, 5.41) is 3.07. The first kappa shape index (κ1) is 12.4. The maximum absolute atomic E-state index is 10.9. The van der Waals surface area contributed by atoms with Crippen molar-refractivity contribution < 1.29 is 9.53 Å². The molecular weight excluding hydrogens is 230 g/mol. The van der Waals surface area contributed by atoms with E-state index in [0.29, 0.717) is 11.3 Å². The summed E-state index contributed by atoms with van der Waals surface area (Å²) in [7, 11) is 3.44. The number of aryl methyl sites for hydroxylation is 1. The second-order valence-corrected chi connectivity index (χ2v) is 4.05. The number of hydrogen-bond acceptors (Lipinski definition) is 4. The van der Waals surface area contributed by atoms with Gasteiger partial charge < -0.3 is 14.6 Å². The van der Waals surface area contributed by atoms with Gasteiger partial charge in [-0.2, -0.15) is 0 Å². The lowest BCUT2D eigenvalue weighted by molar-refractivity contribution is 0.112. The number of benzene rings is 1. The topological polar surface area (TPSA) is 56.2 Å². The molecule has 0 atom stereocenters. The summed E-state index contributed by atoms with van der Waals surface area (Å²) in [6, 6.07) is 3.51. The summed E-state index contributed by atoms with van der Waals surface area (Å²) < 4.78 is 7.44. The van der Waals surface area contributed by atoms with Gasteiger partial charge in [-0.05, 0) is 18.6 Å². The minimum Gasteiger partial charge on any atom is -0.494 e. The lowest BCUT2D eigenvalue weighted by Crippen LogP contribution is -2.04. The molecule has 1 heterocycles. The molecule has 0 unspecified atom stereocenters.